The Morgan fingerprint density at radius 2 is 0.872 bits per heavy atom. The van der Waals surface area contributed by atoms with Crippen LogP contribution in [0.3, 0.4) is 0 Å². The van der Waals surface area contributed by atoms with Gasteiger partial charge in [-0.1, -0.05) is 56.3 Å². The Bertz CT molecular complexity index is 1330. The lowest BCUT2D eigenvalue weighted by Gasteiger charge is -2.34. The van der Waals surface area contributed by atoms with Gasteiger partial charge in [0.2, 0.25) is 0 Å². The zero-order chi connectivity index (χ0) is 32.8. The number of Topliss-reactive ketones (excluding diaryl/α,β-unsaturated/α-hetero) is 3. The lowest BCUT2D eigenvalue weighted by Crippen LogP contribution is -2.32. The topological polar surface area (TPSA) is 69.7 Å². The minimum Gasteiger partial charge on any atom is -0.375 e. The molecule has 0 amide bonds. The van der Waals surface area contributed by atoms with Crippen molar-refractivity contribution in [3.63, 3.8) is 0 Å². The fourth-order valence-corrected chi connectivity index (χ4v) is 8.74. The Balaban J connectivity index is 0.900. The van der Waals surface area contributed by atoms with E-state index in [1.807, 2.05) is 36.4 Å². The van der Waals surface area contributed by atoms with Gasteiger partial charge < -0.3 is 9.47 Å². The minimum absolute atomic E-state index is 0.0197. The molecule has 4 saturated carbocycles. The molecule has 47 heavy (non-hydrogen) atoms. The first-order chi connectivity index (χ1) is 22.9. The number of ketones is 3. The van der Waals surface area contributed by atoms with E-state index in [2.05, 4.69) is 26.0 Å². The van der Waals surface area contributed by atoms with Gasteiger partial charge in [0.05, 0.1) is 24.4 Å². The molecule has 0 aromatic heterocycles. The second kappa shape index (κ2) is 16.2. The highest BCUT2D eigenvalue weighted by atomic mass is 16.5. The molecular formula is C42H56O5. The van der Waals surface area contributed by atoms with Crippen molar-refractivity contribution in [2.24, 2.45) is 23.7 Å². The van der Waals surface area contributed by atoms with Crippen molar-refractivity contribution >= 4 is 17.3 Å². The van der Waals surface area contributed by atoms with Gasteiger partial charge in [-0.2, -0.15) is 0 Å². The van der Waals surface area contributed by atoms with E-state index in [4.69, 9.17) is 9.47 Å². The van der Waals surface area contributed by atoms with Gasteiger partial charge in [0, 0.05) is 34.4 Å². The third-order valence-corrected chi connectivity index (χ3v) is 11.9. The van der Waals surface area contributed by atoms with Gasteiger partial charge >= 0.3 is 0 Å². The molecule has 0 radical (unpaired) electrons. The van der Waals surface area contributed by atoms with Crippen LogP contribution >= 0.6 is 0 Å². The van der Waals surface area contributed by atoms with Gasteiger partial charge in [-0.3, -0.25) is 14.4 Å². The number of benzene rings is 2. The normalized spacial score (nSPS) is 31.6. The summed E-state index contributed by atoms with van der Waals surface area (Å²) in [5.41, 5.74) is 3.52. The van der Waals surface area contributed by atoms with Crippen molar-refractivity contribution < 1.29 is 23.9 Å². The van der Waals surface area contributed by atoms with E-state index in [1.165, 1.54) is 31.2 Å². The molecule has 4 fully saturated rings. The van der Waals surface area contributed by atoms with Crippen LogP contribution in [0, 0.1) is 23.7 Å². The summed E-state index contributed by atoms with van der Waals surface area (Å²) in [7, 11) is 0. The monoisotopic (exact) mass is 640 g/mol. The molecule has 2 aromatic carbocycles. The molecule has 2 aromatic rings. The molecule has 0 unspecified atom stereocenters. The molecule has 0 heterocycles. The highest BCUT2D eigenvalue weighted by Gasteiger charge is 2.33. The molecule has 4 aliphatic rings. The second-order valence-electron chi connectivity index (χ2n) is 15.3. The summed E-state index contributed by atoms with van der Waals surface area (Å²) in [6, 6.07) is 15.6. The summed E-state index contributed by atoms with van der Waals surface area (Å²) in [6.07, 6.45) is 17.9. The van der Waals surface area contributed by atoms with Crippen molar-refractivity contribution in [3.8, 4) is 0 Å². The van der Waals surface area contributed by atoms with Gasteiger partial charge in [0.25, 0.3) is 0 Å². The zero-order valence-electron chi connectivity index (χ0n) is 28.8. The van der Waals surface area contributed by atoms with Crippen LogP contribution in [0.4, 0.5) is 0 Å². The van der Waals surface area contributed by atoms with E-state index < -0.39 is 0 Å². The molecule has 254 valence electrons. The number of hydrogen-bond acceptors (Lipinski definition) is 5. The summed E-state index contributed by atoms with van der Waals surface area (Å²) in [5, 5.41) is 0. The quantitative estimate of drug-likeness (QED) is 0.229. The molecule has 0 saturated heterocycles. The standard InChI is InChI=1S/C42H56O5/c1-3-29-5-4-6-35(27-29)42(45)34-17-25-39(26-18-34)47-38-23-15-33(16-24-38)41(44)31-11-9-30(10-12-31)40(43)32-13-21-37(22-14-32)46-36-19-7-28(2)8-20-36/h4-6,9-12,27-28,32-34,36-39H,3,7-8,13-26H2,1-2H3. The average molecular weight is 641 g/mol. The molecule has 0 bridgehead atoms. The molecule has 0 aliphatic heterocycles. The largest absolute Gasteiger partial charge is 0.375 e. The lowest BCUT2D eigenvalue weighted by atomic mass is 9.80. The predicted molar refractivity (Wildman–Crippen MR) is 186 cm³/mol. The third kappa shape index (κ3) is 8.89. The van der Waals surface area contributed by atoms with Crippen molar-refractivity contribution in [2.75, 3.05) is 0 Å². The van der Waals surface area contributed by atoms with Crippen LogP contribution < -0.4 is 0 Å². The van der Waals surface area contributed by atoms with Crippen LogP contribution in [0.2, 0.25) is 0 Å². The van der Waals surface area contributed by atoms with E-state index in [9.17, 15) is 14.4 Å². The number of hydrogen-bond donors (Lipinski definition) is 0. The predicted octanol–water partition coefficient (Wildman–Crippen LogP) is 9.79. The maximum Gasteiger partial charge on any atom is 0.165 e. The Labute approximate surface area is 282 Å². The van der Waals surface area contributed by atoms with Gasteiger partial charge in [0.15, 0.2) is 17.3 Å². The number of carbonyl (C=O) groups excluding carboxylic acids is 3. The molecule has 6 rings (SSSR count). The van der Waals surface area contributed by atoms with E-state index in [0.717, 1.165) is 106 Å². The molecule has 5 nitrogen and oxygen atoms in total. The van der Waals surface area contributed by atoms with E-state index in [-0.39, 0.29) is 47.3 Å². The number of aryl methyl sites for hydroxylation is 1. The second-order valence-corrected chi connectivity index (χ2v) is 15.3. The zero-order valence-corrected chi connectivity index (χ0v) is 28.8. The molecule has 5 heteroatoms. The first-order valence-electron chi connectivity index (χ1n) is 19.0. The summed E-state index contributed by atoms with van der Waals surface area (Å²) < 4.78 is 12.9. The van der Waals surface area contributed by atoms with Crippen LogP contribution in [0.25, 0.3) is 0 Å². The maximum absolute atomic E-state index is 13.4. The minimum atomic E-state index is 0.0197. The van der Waals surface area contributed by atoms with Crippen molar-refractivity contribution in [2.45, 2.75) is 147 Å². The molecule has 0 atom stereocenters. The van der Waals surface area contributed by atoms with Crippen molar-refractivity contribution in [3.05, 3.63) is 70.8 Å². The first kappa shape index (κ1) is 34.2. The summed E-state index contributed by atoms with van der Waals surface area (Å²) >= 11 is 0. The van der Waals surface area contributed by atoms with Crippen molar-refractivity contribution in [1.82, 2.24) is 0 Å². The Morgan fingerprint density at radius 3 is 1.26 bits per heavy atom. The van der Waals surface area contributed by atoms with Gasteiger partial charge in [-0.25, -0.2) is 0 Å². The Kier molecular flexibility index (Phi) is 11.8. The number of rotatable bonds is 11. The summed E-state index contributed by atoms with van der Waals surface area (Å²) in [5.74, 6) is 1.71. The lowest BCUT2D eigenvalue weighted by molar-refractivity contribution is -0.0539. The summed E-state index contributed by atoms with van der Waals surface area (Å²) in [6.45, 7) is 4.46. The SMILES string of the molecule is CCc1cccc(C(=O)C2CCC(OC3CCC(C(=O)c4ccc(C(=O)C5CCC(OC6CCC(C)CC6)CC5)cc4)CC3)CC2)c1. The fourth-order valence-electron chi connectivity index (χ4n) is 8.74. The van der Waals surface area contributed by atoms with Gasteiger partial charge in [-0.15, -0.1) is 0 Å². The average Bonchev–Trinajstić information content (AvgIpc) is 3.13. The third-order valence-electron chi connectivity index (χ3n) is 11.9. The smallest absolute Gasteiger partial charge is 0.165 e. The fraction of sp³-hybridized carbons (Fsp3) is 0.643. The van der Waals surface area contributed by atoms with Crippen LogP contribution in [0.15, 0.2) is 48.5 Å². The van der Waals surface area contributed by atoms with Crippen LogP contribution in [0.1, 0.15) is 153 Å². The summed E-state index contributed by atoms with van der Waals surface area (Å²) in [4.78, 5) is 39.8. The molecular weight excluding hydrogens is 584 g/mol. The number of carbonyl (C=O) groups is 3. The van der Waals surface area contributed by atoms with Crippen molar-refractivity contribution in [1.29, 1.82) is 0 Å². The number of ether oxygens (including phenoxy) is 2. The van der Waals surface area contributed by atoms with E-state index in [1.54, 1.807) is 0 Å². The van der Waals surface area contributed by atoms with Gasteiger partial charge in [-0.05, 0) is 127 Å². The van der Waals surface area contributed by atoms with Gasteiger partial charge in [0.1, 0.15) is 0 Å². The highest BCUT2D eigenvalue weighted by Crippen LogP contribution is 2.36. The molecule has 4 aliphatic carbocycles. The van der Waals surface area contributed by atoms with E-state index in [0.29, 0.717) is 12.2 Å². The van der Waals surface area contributed by atoms with E-state index >= 15 is 0 Å². The van der Waals surface area contributed by atoms with Crippen LogP contribution in [0.5, 0.6) is 0 Å². The maximum atomic E-state index is 13.4. The first-order valence-corrected chi connectivity index (χ1v) is 19.0. The molecule has 0 spiro atoms. The highest BCUT2D eigenvalue weighted by molar-refractivity contribution is 6.01. The molecule has 0 N–H and O–H groups in total. The Morgan fingerprint density at radius 1 is 0.511 bits per heavy atom. The van der Waals surface area contributed by atoms with Crippen LogP contribution in [-0.2, 0) is 15.9 Å². The Hall–Kier alpha value is -2.63. The van der Waals surface area contributed by atoms with Crippen LogP contribution in [-0.4, -0.2) is 41.8 Å².